The third kappa shape index (κ3) is 7.22. The van der Waals surface area contributed by atoms with E-state index >= 15 is 0 Å². The number of aromatic nitrogens is 2. The van der Waals surface area contributed by atoms with Gasteiger partial charge in [0.25, 0.3) is 0 Å². The van der Waals surface area contributed by atoms with Gasteiger partial charge in [-0.1, -0.05) is 6.07 Å². The van der Waals surface area contributed by atoms with Crippen LogP contribution in [0.5, 0.6) is 0 Å². The first-order valence-corrected chi connectivity index (χ1v) is 12.4. The van der Waals surface area contributed by atoms with Gasteiger partial charge in [-0.05, 0) is 43.9 Å². The first-order chi connectivity index (χ1) is 17.6. The number of anilines is 3. The van der Waals surface area contributed by atoms with E-state index in [4.69, 9.17) is 4.74 Å². The molecule has 0 radical (unpaired) electrons. The van der Waals surface area contributed by atoms with Crippen LogP contribution in [0.25, 0.3) is 11.3 Å². The summed E-state index contributed by atoms with van der Waals surface area (Å²) in [5, 5.41) is 15.4. The molecule has 0 spiro atoms. The highest BCUT2D eigenvalue weighted by atomic mass is 19.4. The van der Waals surface area contributed by atoms with Gasteiger partial charge in [-0.15, -0.1) is 0 Å². The number of rotatable bonds is 7. The quantitative estimate of drug-likeness (QED) is 0.507. The van der Waals surface area contributed by atoms with Gasteiger partial charge in [0.2, 0.25) is 5.95 Å². The van der Waals surface area contributed by atoms with Gasteiger partial charge in [0.15, 0.2) is 0 Å². The van der Waals surface area contributed by atoms with Crippen molar-refractivity contribution in [3.63, 3.8) is 0 Å². The molecule has 37 heavy (non-hydrogen) atoms. The molecule has 0 bridgehead atoms. The average Bonchev–Trinajstić information content (AvgIpc) is 3.32. The van der Waals surface area contributed by atoms with Crippen molar-refractivity contribution < 1.29 is 27.8 Å². The number of hydrogen-bond donors (Lipinski definition) is 3. The lowest BCUT2D eigenvalue weighted by Crippen LogP contribution is -2.37. The Hall–Kier alpha value is -3.12. The van der Waals surface area contributed by atoms with Gasteiger partial charge in [0.05, 0.1) is 25.5 Å². The molecule has 1 aromatic heterocycles. The number of urea groups is 1. The van der Waals surface area contributed by atoms with E-state index < -0.39 is 24.5 Å². The summed E-state index contributed by atoms with van der Waals surface area (Å²) in [4.78, 5) is 25.6. The van der Waals surface area contributed by atoms with E-state index in [0.717, 1.165) is 16.9 Å². The van der Waals surface area contributed by atoms with Crippen LogP contribution in [-0.4, -0.2) is 84.2 Å². The van der Waals surface area contributed by atoms with Gasteiger partial charge >= 0.3 is 12.2 Å². The number of amides is 2. The zero-order valence-electron chi connectivity index (χ0n) is 21.0. The summed E-state index contributed by atoms with van der Waals surface area (Å²) >= 11 is 0. The Bertz CT molecular complexity index is 1090. The standard InChI is InChI=1S/C25H33F3N6O3/c1-16-3-4-19(30-24(36)34-6-5-18(14-34)13-25(26,27)28)11-20(16)21-12-22(33-7-9-37-10-8-33)32-23(31-21)29-17(2)15-35/h3-4,11-12,17-18,35H,5-10,13-15H2,1-2H3,(H,30,36)(H,29,31,32)/t17?,18-/m0/s1. The molecular weight excluding hydrogens is 489 g/mol. The molecule has 3 heterocycles. The lowest BCUT2D eigenvalue weighted by molar-refractivity contribution is -0.143. The Morgan fingerprint density at radius 3 is 2.68 bits per heavy atom. The number of likely N-dealkylation sites (tertiary alicyclic amines) is 1. The van der Waals surface area contributed by atoms with Crippen LogP contribution < -0.4 is 15.5 Å². The van der Waals surface area contributed by atoms with Gasteiger partial charge in [-0.25, -0.2) is 9.78 Å². The molecule has 2 atom stereocenters. The summed E-state index contributed by atoms with van der Waals surface area (Å²) in [5.41, 5.74) is 2.88. The van der Waals surface area contributed by atoms with E-state index in [9.17, 15) is 23.1 Å². The number of nitrogens with one attached hydrogen (secondary N) is 2. The maximum absolute atomic E-state index is 12.8. The fourth-order valence-electron chi connectivity index (χ4n) is 4.55. The largest absolute Gasteiger partial charge is 0.394 e. The summed E-state index contributed by atoms with van der Waals surface area (Å²) in [6.45, 7) is 6.60. The molecule has 2 aliphatic heterocycles. The zero-order valence-corrected chi connectivity index (χ0v) is 21.0. The van der Waals surface area contributed by atoms with Crippen LogP contribution in [0, 0.1) is 12.8 Å². The highest BCUT2D eigenvalue weighted by molar-refractivity contribution is 5.90. The molecule has 2 saturated heterocycles. The molecule has 0 saturated carbocycles. The van der Waals surface area contributed by atoms with Crippen molar-refractivity contribution in [3.05, 3.63) is 29.8 Å². The van der Waals surface area contributed by atoms with Gasteiger partial charge in [0, 0.05) is 56.0 Å². The monoisotopic (exact) mass is 522 g/mol. The molecule has 3 N–H and O–H groups in total. The van der Waals surface area contributed by atoms with Gasteiger partial charge in [-0.3, -0.25) is 0 Å². The van der Waals surface area contributed by atoms with Crippen LogP contribution >= 0.6 is 0 Å². The maximum atomic E-state index is 12.8. The number of aliphatic hydroxyl groups excluding tert-OH is 1. The Kier molecular flexibility index (Phi) is 8.38. The van der Waals surface area contributed by atoms with Crippen LogP contribution in [0.3, 0.4) is 0 Å². The van der Waals surface area contributed by atoms with Crippen molar-refractivity contribution >= 4 is 23.5 Å². The highest BCUT2D eigenvalue weighted by Crippen LogP contribution is 2.32. The minimum atomic E-state index is -4.23. The summed E-state index contributed by atoms with van der Waals surface area (Å²) in [6.07, 6.45) is -4.78. The summed E-state index contributed by atoms with van der Waals surface area (Å²) in [7, 11) is 0. The van der Waals surface area contributed by atoms with Crippen LogP contribution in [0.4, 0.5) is 35.4 Å². The highest BCUT2D eigenvalue weighted by Gasteiger charge is 2.36. The van der Waals surface area contributed by atoms with Crippen LogP contribution in [0.15, 0.2) is 24.3 Å². The molecule has 2 fully saturated rings. The normalized spacial score (nSPS) is 19.1. The first-order valence-electron chi connectivity index (χ1n) is 12.4. The molecule has 1 aromatic carbocycles. The average molecular weight is 523 g/mol. The molecule has 1 unspecified atom stereocenters. The number of hydrogen-bond acceptors (Lipinski definition) is 7. The lowest BCUT2D eigenvalue weighted by Gasteiger charge is -2.28. The smallest absolute Gasteiger partial charge is 0.389 e. The van der Waals surface area contributed by atoms with Crippen LogP contribution in [0.1, 0.15) is 25.3 Å². The van der Waals surface area contributed by atoms with Gasteiger partial charge in [0.1, 0.15) is 5.82 Å². The van der Waals surface area contributed by atoms with Crippen molar-refractivity contribution in [3.8, 4) is 11.3 Å². The van der Waals surface area contributed by atoms with E-state index in [-0.39, 0.29) is 25.7 Å². The van der Waals surface area contributed by atoms with E-state index in [2.05, 4.69) is 25.5 Å². The predicted molar refractivity (Wildman–Crippen MR) is 135 cm³/mol. The van der Waals surface area contributed by atoms with Crippen molar-refractivity contribution in [2.24, 2.45) is 5.92 Å². The summed E-state index contributed by atoms with van der Waals surface area (Å²) in [6, 6.07) is 6.65. The van der Waals surface area contributed by atoms with Gasteiger partial charge in [-0.2, -0.15) is 18.2 Å². The Labute approximate surface area is 214 Å². The van der Waals surface area contributed by atoms with Crippen LogP contribution in [0.2, 0.25) is 0 Å². The van der Waals surface area contributed by atoms with E-state index in [1.807, 2.05) is 26.0 Å². The lowest BCUT2D eigenvalue weighted by atomic mass is 10.0. The molecule has 4 rings (SSSR count). The van der Waals surface area contributed by atoms with E-state index in [1.165, 1.54) is 4.90 Å². The second-order valence-corrected chi connectivity index (χ2v) is 9.64. The van der Waals surface area contributed by atoms with Crippen molar-refractivity contribution in [1.82, 2.24) is 14.9 Å². The molecule has 0 aliphatic carbocycles. The number of benzene rings is 1. The van der Waals surface area contributed by atoms with E-state index in [0.29, 0.717) is 50.1 Å². The fourth-order valence-corrected chi connectivity index (χ4v) is 4.55. The van der Waals surface area contributed by atoms with Crippen LogP contribution in [-0.2, 0) is 4.74 Å². The third-order valence-electron chi connectivity index (χ3n) is 6.56. The number of aliphatic hydroxyl groups is 1. The minimum Gasteiger partial charge on any atom is -0.394 e. The number of carbonyl (C=O) groups is 1. The van der Waals surface area contributed by atoms with Gasteiger partial charge < -0.3 is 30.3 Å². The summed E-state index contributed by atoms with van der Waals surface area (Å²) < 4.78 is 43.7. The Balaban J connectivity index is 1.55. The molecule has 9 nitrogen and oxygen atoms in total. The number of nitrogens with zero attached hydrogens (tertiary/aromatic N) is 4. The fraction of sp³-hybridized carbons (Fsp3) is 0.560. The maximum Gasteiger partial charge on any atom is 0.389 e. The third-order valence-corrected chi connectivity index (χ3v) is 6.56. The number of ether oxygens (including phenoxy) is 1. The predicted octanol–water partition coefficient (Wildman–Crippen LogP) is 3.89. The Morgan fingerprint density at radius 1 is 1.22 bits per heavy atom. The first kappa shape index (κ1) is 26.9. The number of carbonyl (C=O) groups excluding carboxylic acids is 1. The number of aryl methyl sites for hydroxylation is 1. The number of halogens is 3. The second-order valence-electron chi connectivity index (χ2n) is 9.64. The Morgan fingerprint density at radius 2 is 1.97 bits per heavy atom. The second kappa shape index (κ2) is 11.5. The topological polar surface area (TPSA) is 103 Å². The molecule has 2 aliphatic rings. The van der Waals surface area contributed by atoms with Crippen molar-refractivity contribution in [1.29, 1.82) is 0 Å². The molecule has 202 valence electrons. The van der Waals surface area contributed by atoms with Crippen molar-refractivity contribution in [2.75, 3.05) is 61.5 Å². The molecular formula is C25H33F3N6O3. The van der Waals surface area contributed by atoms with Crippen molar-refractivity contribution in [2.45, 2.75) is 38.9 Å². The molecule has 2 aromatic rings. The summed E-state index contributed by atoms with van der Waals surface area (Å²) in [5.74, 6) is 0.524. The SMILES string of the molecule is Cc1ccc(NC(=O)N2CC[C@@H](CC(F)(F)F)C2)cc1-c1cc(N2CCOCC2)nc(NC(C)CO)n1. The molecule has 12 heteroatoms. The zero-order chi connectivity index (χ0) is 26.6. The number of alkyl halides is 3. The van der Waals surface area contributed by atoms with E-state index in [1.54, 1.807) is 12.1 Å². The number of morpholine rings is 1. The molecule has 2 amide bonds. The minimum absolute atomic E-state index is 0.0803.